The van der Waals surface area contributed by atoms with E-state index in [2.05, 4.69) is 62.5 Å². The zero-order chi connectivity index (χ0) is 26.7. The fourth-order valence-electron chi connectivity index (χ4n) is 4.02. The Hall–Kier alpha value is -2.87. The molecule has 1 unspecified atom stereocenters. The van der Waals surface area contributed by atoms with Crippen LogP contribution in [0.3, 0.4) is 0 Å². The second kappa shape index (κ2) is 10.6. The van der Waals surface area contributed by atoms with Crippen LogP contribution in [0.15, 0.2) is 47.4 Å². The molecule has 196 valence electrons. The minimum absolute atomic E-state index is 0.000206. The molecule has 0 amide bonds. The molecule has 0 bridgehead atoms. The molecule has 3 aromatic rings. The Morgan fingerprint density at radius 1 is 1.00 bits per heavy atom. The van der Waals surface area contributed by atoms with Gasteiger partial charge in [0, 0.05) is 23.1 Å². The van der Waals surface area contributed by atoms with Gasteiger partial charge in [-0.25, -0.2) is 13.5 Å². The second-order valence-electron chi connectivity index (χ2n) is 10.7. The van der Waals surface area contributed by atoms with E-state index in [-0.39, 0.29) is 16.4 Å². The van der Waals surface area contributed by atoms with Crippen molar-refractivity contribution in [2.75, 3.05) is 4.72 Å². The first-order valence-corrected chi connectivity index (χ1v) is 14.2. The molecule has 7 nitrogen and oxygen atoms in total. The first-order valence-electron chi connectivity index (χ1n) is 12.7. The molecule has 2 N–H and O–H groups in total. The Morgan fingerprint density at radius 2 is 1.69 bits per heavy atom. The van der Waals surface area contributed by atoms with Crippen molar-refractivity contribution in [2.45, 2.75) is 90.4 Å². The van der Waals surface area contributed by atoms with Gasteiger partial charge in [0.05, 0.1) is 11.6 Å². The summed E-state index contributed by atoms with van der Waals surface area (Å²) in [5.41, 5.74) is 0.982. The lowest BCUT2D eigenvalue weighted by molar-refractivity contribution is 0.254. The van der Waals surface area contributed by atoms with Gasteiger partial charge in [0.1, 0.15) is 5.75 Å². The summed E-state index contributed by atoms with van der Waals surface area (Å²) in [4.78, 5) is 11.9. The van der Waals surface area contributed by atoms with Crippen LogP contribution in [0.2, 0.25) is 0 Å². The molecule has 3 rings (SSSR count). The van der Waals surface area contributed by atoms with Crippen molar-refractivity contribution in [3.63, 3.8) is 0 Å². The average Bonchev–Trinajstić information content (AvgIpc) is 2.83. The molecule has 0 saturated carbocycles. The molecule has 1 heterocycles. The maximum Gasteiger partial charge on any atom is 0.272 e. The van der Waals surface area contributed by atoms with E-state index in [1.165, 1.54) is 11.8 Å². The summed E-state index contributed by atoms with van der Waals surface area (Å²) in [6.07, 6.45) is 4.33. The number of fused-ring (bicyclic) bond motifs is 1. The Kier molecular flexibility index (Phi) is 8.18. The molecular weight excluding hydrogens is 474 g/mol. The van der Waals surface area contributed by atoms with E-state index < -0.39 is 15.5 Å². The number of hydrogen-bond acceptors (Lipinski definition) is 5. The molecule has 0 fully saturated rings. The van der Waals surface area contributed by atoms with Gasteiger partial charge in [-0.05, 0) is 53.5 Å². The van der Waals surface area contributed by atoms with Gasteiger partial charge in [-0.1, -0.05) is 67.0 Å². The first kappa shape index (κ1) is 27.7. The zero-order valence-corrected chi connectivity index (χ0v) is 23.3. The highest BCUT2D eigenvalue weighted by Crippen LogP contribution is 2.39. The number of ether oxygens (including phenoxy) is 1. The summed E-state index contributed by atoms with van der Waals surface area (Å²) in [7, 11) is -3.91. The number of anilines is 1. The Morgan fingerprint density at radius 3 is 2.33 bits per heavy atom. The van der Waals surface area contributed by atoms with Crippen molar-refractivity contribution >= 4 is 26.5 Å². The van der Waals surface area contributed by atoms with Crippen LogP contribution in [0.4, 0.5) is 5.69 Å². The molecule has 0 saturated heterocycles. The Balaban J connectivity index is 1.99. The number of rotatable bonds is 11. The standard InChI is InChI=1S/C28H39N3O4S/c1-8-11-25(36(33,34)31-21-13-14-22-19(16-21)18-29-30-26(22)32)35-24-15-12-20(27(4,5)9-2)17-23(24)28(6,7)10-3/h12-18,25,31H,8-11H2,1-7H3,(H,30,32). The SMILES string of the molecule is CCCC(Oc1ccc(C(C)(C)CC)cc1C(C)(C)CC)S(=O)(=O)Nc1ccc2c(=O)[nH]ncc2c1. The molecule has 36 heavy (non-hydrogen) atoms. The number of hydrogen-bond donors (Lipinski definition) is 2. The van der Waals surface area contributed by atoms with Crippen molar-refractivity contribution in [3.8, 4) is 5.75 Å². The summed E-state index contributed by atoms with van der Waals surface area (Å²) < 4.78 is 35.9. The van der Waals surface area contributed by atoms with Gasteiger partial charge in [0.25, 0.3) is 15.6 Å². The lowest BCUT2D eigenvalue weighted by Crippen LogP contribution is -2.34. The lowest BCUT2D eigenvalue weighted by Gasteiger charge is -2.31. The number of nitrogens with one attached hydrogen (secondary N) is 2. The lowest BCUT2D eigenvalue weighted by atomic mass is 9.76. The largest absolute Gasteiger partial charge is 0.472 e. The first-order chi connectivity index (χ1) is 16.8. The van der Waals surface area contributed by atoms with E-state index in [0.29, 0.717) is 35.1 Å². The van der Waals surface area contributed by atoms with E-state index in [0.717, 1.165) is 18.4 Å². The third-order valence-electron chi connectivity index (χ3n) is 7.31. The minimum Gasteiger partial charge on any atom is -0.472 e. The molecule has 0 aliphatic rings. The van der Waals surface area contributed by atoms with E-state index in [1.807, 2.05) is 19.1 Å². The quantitative estimate of drug-likeness (QED) is 0.316. The van der Waals surface area contributed by atoms with Crippen molar-refractivity contribution in [1.82, 2.24) is 10.2 Å². The topological polar surface area (TPSA) is 101 Å². The van der Waals surface area contributed by atoms with Gasteiger partial charge >= 0.3 is 0 Å². The van der Waals surface area contributed by atoms with Crippen molar-refractivity contribution in [1.29, 1.82) is 0 Å². The predicted molar refractivity (Wildman–Crippen MR) is 147 cm³/mol. The van der Waals surface area contributed by atoms with Gasteiger partial charge in [-0.3, -0.25) is 9.52 Å². The van der Waals surface area contributed by atoms with E-state index >= 15 is 0 Å². The van der Waals surface area contributed by atoms with Crippen LogP contribution in [0.1, 0.15) is 85.3 Å². The maximum absolute atomic E-state index is 13.5. The molecule has 0 aliphatic heterocycles. The van der Waals surface area contributed by atoms with Crippen LogP contribution in [0, 0.1) is 0 Å². The van der Waals surface area contributed by atoms with Crippen molar-refractivity contribution < 1.29 is 13.2 Å². The van der Waals surface area contributed by atoms with Gasteiger partial charge in [0.15, 0.2) is 0 Å². The highest BCUT2D eigenvalue weighted by atomic mass is 32.2. The number of nitrogens with zero attached hydrogens (tertiary/aromatic N) is 1. The molecule has 0 radical (unpaired) electrons. The average molecular weight is 514 g/mol. The molecule has 1 atom stereocenters. The van der Waals surface area contributed by atoms with Crippen LogP contribution < -0.4 is 15.0 Å². The third kappa shape index (κ3) is 5.91. The Labute approximate surface area is 214 Å². The minimum atomic E-state index is -3.91. The van der Waals surface area contributed by atoms with E-state index in [9.17, 15) is 13.2 Å². The molecule has 8 heteroatoms. The van der Waals surface area contributed by atoms with Crippen molar-refractivity contribution in [3.05, 3.63) is 64.1 Å². The molecule has 2 aromatic carbocycles. The fraction of sp³-hybridized carbons (Fsp3) is 0.500. The number of aromatic amines is 1. The smallest absolute Gasteiger partial charge is 0.272 e. The molecule has 0 aliphatic carbocycles. The van der Waals surface area contributed by atoms with Gasteiger partial charge in [0.2, 0.25) is 5.44 Å². The number of H-pyrrole nitrogens is 1. The highest BCUT2D eigenvalue weighted by molar-refractivity contribution is 7.93. The maximum atomic E-state index is 13.5. The fourth-order valence-corrected chi connectivity index (χ4v) is 5.39. The van der Waals surface area contributed by atoms with E-state index in [4.69, 9.17) is 4.74 Å². The number of sulfonamides is 1. The monoisotopic (exact) mass is 513 g/mol. The molecule has 0 spiro atoms. The van der Waals surface area contributed by atoms with Gasteiger partial charge in [-0.15, -0.1) is 0 Å². The number of benzene rings is 2. The van der Waals surface area contributed by atoms with Crippen LogP contribution in [-0.2, 0) is 20.9 Å². The molecular formula is C28H39N3O4S. The van der Waals surface area contributed by atoms with E-state index in [1.54, 1.807) is 18.2 Å². The summed E-state index contributed by atoms with van der Waals surface area (Å²) >= 11 is 0. The third-order valence-corrected chi connectivity index (χ3v) is 8.86. The number of aromatic nitrogens is 2. The van der Waals surface area contributed by atoms with Crippen LogP contribution in [0.5, 0.6) is 5.75 Å². The summed E-state index contributed by atoms with van der Waals surface area (Å²) in [6.45, 7) is 15.0. The summed E-state index contributed by atoms with van der Waals surface area (Å²) in [5.74, 6) is 0.593. The second-order valence-corrected chi connectivity index (χ2v) is 12.5. The Bertz CT molecular complexity index is 1380. The highest BCUT2D eigenvalue weighted by Gasteiger charge is 2.31. The normalized spacial score (nSPS) is 13.5. The predicted octanol–water partition coefficient (Wildman–Crippen LogP) is 6.25. The van der Waals surface area contributed by atoms with Crippen molar-refractivity contribution in [2.24, 2.45) is 0 Å². The van der Waals surface area contributed by atoms with Crippen LogP contribution in [-0.4, -0.2) is 24.1 Å². The molecule has 1 aromatic heterocycles. The van der Waals surface area contributed by atoms with Crippen LogP contribution in [0.25, 0.3) is 10.8 Å². The van der Waals surface area contributed by atoms with Gasteiger partial charge < -0.3 is 4.74 Å². The summed E-state index contributed by atoms with van der Waals surface area (Å²) in [6, 6.07) is 10.9. The van der Waals surface area contributed by atoms with Gasteiger partial charge in [-0.2, -0.15) is 5.10 Å². The van der Waals surface area contributed by atoms with Crippen LogP contribution >= 0.6 is 0 Å². The zero-order valence-electron chi connectivity index (χ0n) is 22.4. The summed E-state index contributed by atoms with van der Waals surface area (Å²) in [5, 5.41) is 7.17.